The highest BCUT2D eigenvalue weighted by atomic mass is 16.5. The number of rotatable bonds is 5. The highest BCUT2D eigenvalue weighted by molar-refractivity contribution is 5.87. The van der Waals surface area contributed by atoms with Gasteiger partial charge in [0.25, 0.3) is 0 Å². The Balaban J connectivity index is 1.45. The lowest BCUT2D eigenvalue weighted by Crippen LogP contribution is -2.58. The van der Waals surface area contributed by atoms with Crippen molar-refractivity contribution < 1.29 is 4.74 Å². The molecule has 0 atom stereocenters. The lowest BCUT2D eigenvalue weighted by molar-refractivity contribution is -0.0206. The van der Waals surface area contributed by atoms with Crippen molar-refractivity contribution in [2.75, 3.05) is 6.61 Å². The van der Waals surface area contributed by atoms with Crippen molar-refractivity contribution in [3.63, 3.8) is 0 Å². The summed E-state index contributed by atoms with van der Waals surface area (Å²) < 4.78 is 5.98. The summed E-state index contributed by atoms with van der Waals surface area (Å²) in [5, 5.41) is 6.71. The molecule has 1 N–H and O–H groups in total. The van der Waals surface area contributed by atoms with Crippen LogP contribution in [0, 0.1) is 17.8 Å². The van der Waals surface area contributed by atoms with Crippen LogP contribution in [-0.2, 0) is 6.54 Å². The van der Waals surface area contributed by atoms with E-state index >= 15 is 0 Å². The molecule has 4 fully saturated rings. The van der Waals surface area contributed by atoms with Crippen molar-refractivity contribution in [1.82, 2.24) is 5.32 Å². The molecule has 4 saturated carbocycles. The molecule has 0 aromatic heterocycles. The Morgan fingerprint density at radius 2 is 1.64 bits per heavy atom. The molecule has 2 aromatic rings. The molecule has 2 nitrogen and oxygen atoms in total. The van der Waals surface area contributed by atoms with Crippen LogP contribution in [0.5, 0.6) is 5.75 Å². The van der Waals surface area contributed by atoms with Gasteiger partial charge in [0.05, 0.1) is 6.61 Å². The fraction of sp³-hybridized carbons (Fsp3) is 0.565. The molecule has 25 heavy (non-hydrogen) atoms. The predicted octanol–water partition coefficient (Wildman–Crippen LogP) is 5.30. The zero-order valence-electron chi connectivity index (χ0n) is 15.3. The Kier molecular flexibility index (Phi) is 3.78. The number of ether oxygens (including phenoxy) is 1. The standard InChI is InChI=1S/C23H29NO/c1-2-25-22-8-7-19-5-3-4-6-20(19)21(22)15-24-23-12-16-9-17(13-23)11-18(10-16)14-23/h3-8,16-18,24H,2,9-15H2,1H3. The molecular weight excluding hydrogens is 306 g/mol. The van der Waals surface area contributed by atoms with E-state index in [9.17, 15) is 0 Å². The van der Waals surface area contributed by atoms with E-state index in [1.54, 1.807) is 0 Å². The van der Waals surface area contributed by atoms with Gasteiger partial charge in [-0.25, -0.2) is 0 Å². The third-order valence-corrected chi connectivity index (χ3v) is 6.98. The molecule has 4 bridgehead atoms. The number of hydrogen-bond donors (Lipinski definition) is 1. The molecule has 6 rings (SSSR count). The normalized spacial score (nSPS) is 33.1. The van der Waals surface area contributed by atoms with Crippen LogP contribution in [0.1, 0.15) is 51.0 Å². The second-order valence-corrected chi connectivity index (χ2v) is 8.75. The minimum atomic E-state index is 0.398. The van der Waals surface area contributed by atoms with Gasteiger partial charge in [-0.3, -0.25) is 0 Å². The van der Waals surface area contributed by atoms with Crippen LogP contribution < -0.4 is 10.1 Å². The molecule has 4 aliphatic carbocycles. The van der Waals surface area contributed by atoms with Crippen molar-refractivity contribution in [2.24, 2.45) is 17.8 Å². The average molecular weight is 335 g/mol. The van der Waals surface area contributed by atoms with Crippen LogP contribution in [0.3, 0.4) is 0 Å². The molecule has 0 saturated heterocycles. The minimum Gasteiger partial charge on any atom is -0.494 e. The molecule has 0 unspecified atom stereocenters. The highest BCUT2D eigenvalue weighted by Crippen LogP contribution is 2.55. The summed E-state index contributed by atoms with van der Waals surface area (Å²) in [4.78, 5) is 0. The first-order valence-corrected chi connectivity index (χ1v) is 10.1. The smallest absolute Gasteiger partial charge is 0.124 e. The van der Waals surface area contributed by atoms with Gasteiger partial charge in [-0.2, -0.15) is 0 Å². The number of nitrogens with one attached hydrogen (secondary N) is 1. The third-order valence-electron chi connectivity index (χ3n) is 6.98. The summed E-state index contributed by atoms with van der Waals surface area (Å²) in [6.45, 7) is 3.73. The summed E-state index contributed by atoms with van der Waals surface area (Å²) in [5.41, 5.74) is 1.74. The van der Waals surface area contributed by atoms with Crippen LogP contribution in [0.25, 0.3) is 10.8 Å². The zero-order chi connectivity index (χ0) is 16.9. The van der Waals surface area contributed by atoms with Gasteiger partial charge in [0.2, 0.25) is 0 Å². The summed E-state index contributed by atoms with van der Waals surface area (Å²) in [6.07, 6.45) is 8.69. The van der Waals surface area contributed by atoms with Gasteiger partial charge < -0.3 is 10.1 Å². The van der Waals surface area contributed by atoms with E-state index in [4.69, 9.17) is 4.74 Å². The van der Waals surface area contributed by atoms with Crippen LogP contribution >= 0.6 is 0 Å². The quantitative estimate of drug-likeness (QED) is 0.801. The number of benzene rings is 2. The van der Waals surface area contributed by atoms with Crippen molar-refractivity contribution >= 4 is 10.8 Å². The maximum atomic E-state index is 5.98. The van der Waals surface area contributed by atoms with Crippen LogP contribution in [-0.4, -0.2) is 12.1 Å². The first-order valence-electron chi connectivity index (χ1n) is 10.1. The number of fused-ring (bicyclic) bond motifs is 1. The lowest BCUT2D eigenvalue weighted by atomic mass is 9.53. The maximum absolute atomic E-state index is 5.98. The van der Waals surface area contributed by atoms with Gasteiger partial charge in [-0.1, -0.05) is 30.3 Å². The van der Waals surface area contributed by atoms with Gasteiger partial charge in [-0.05, 0) is 80.0 Å². The topological polar surface area (TPSA) is 21.3 Å². The van der Waals surface area contributed by atoms with Crippen LogP contribution in [0.4, 0.5) is 0 Å². The Labute approximate surface area is 151 Å². The summed E-state index contributed by atoms with van der Waals surface area (Å²) in [5.74, 6) is 4.01. The Morgan fingerprint density at radius 3 is 2.32 bits per heavy atom. The van der Waals surface area contributed by atoms with Crippen molar-refractivity contribution in [3.8, 4) is 5.75 Å². The van der Waals surface area contributed by atoms with Crippen LogP contribution in [0.15, 0.2) is 36.4 Å². The molecule has 2 heteroatoms. The predicted molar refractivity (Wildman–Crippen MR) is 103 cm³/mol. The van der Waals surface area contributed by atoms with Gasteiger partial charge in [0, 0.05) is 17.6 Å². The van der Waals surface area contributed by atoms with E-state index in [1.807, 2.05) is 0 Å². The molecule has 0 heterocycles. The minimum absolute atomic E-state index is 0.398. The van der Waals surface area contributed by atoms with Gasteiger partial charge in [-0.15, -0.1) is 0 Å². The van der Waals surface area contributed by atoms with Gasteiger partial charge >= 0.3 is 0 Å². The van der Waals surface area contributed by atoms with E-state index in [1.165, 1.54) is 54.9 Å². The van der Waals surface area contributed by atoms with Crippen molar-refractivity contribution in [3.05, 3.63) is 42.0 Å². The Bertz CT molecular complexity index is 745. The molecule has 132 valence electrons. The number of hydrogen-bond acceptors (Lipinski definition) is 2. The maximum Gasteiger partial charge on any atom is 0.124 e. The highest BCUT2D eigenvalue weighted by Gasteiger charge is 2.50. The monoisotopic (exact) mass is 335 g/mol. The summed E-state index contributed by atoms with van der Waals surface area (Å²) in [7, 11) is 0. The van der Waals surface area contributed by atoms with E-state index in [0.29, 0.717) is 5.54 Å². The largest absolute Gasteiger partial charge is 0.494 e. The van der Waals surface area contributed by atoms with Gasteiger partial charge in [0.15, 0.2) is 0 Å². The average Bonchev–Trinajstić information content (AvgIpc) is 2.60. The van der Waals surface area contributed by atoms with E-state index < -0.39 is 0 Å². The van der Waals surface area contributed by atoms with Crippen molar-refractivity contribution in [2.45, 2.75) is 57.5 Å². The molecule has 4 aliphatic rings. The first kappa shape index (κ1) is 15.7. The second kappa shape index (κ2) is 6.02. The molecule has 0 radical (unpaired) electrons. The Morgan fingerprint density at radius 1 is 0.960 bits per heavy atom. The van der Waals surface area contributed by atoms with E-state index in [2.05, 4.69) is 48.6 Å². The Hall–Kier alpha value is -1.54. The molecule has 2 aromatic carbocycles. The first-order chi connectivity index (χ1) is 12.2. The molecule has 0 aliphatic heterocycles. The fourth-order valence-corrected chi connectivity index (χ4v) is 6.39. The fourth-order valence-electron chi connectivity index (χ4n) is 6.39. The lowest BCUT2D eigenvalue weighted by Gasteiger charge is -2.57. The molecule has 0 amide bonds. The van der Waals surface area contributed by atoms with E-state index in [-0.39, 0.29) is 0 Å². The summed E-state index contributed by atoms with van der Waals surface area (Å²) in [6, 6.07) is 13.1. The van der Waals surface area contributed by atoms with E-state index in [0.717, 1.165) is 36.7 Å². The molecular formula is C23H29NO. The molecule has 0 spiro atoms. The zero-order valence-corrected chi connectivity index (χ0v) is 15.3. The summed E-state index contributed by atoms with van der Waals surface area (Å²) >= 11 is 0. The van der Waals surface area contributed by atoms with Crippen molar-refractivity contribution in [1.29, 1.82) is 0 Å². The third kappa shape index (κ3) is 2.75. The van der Waals surface area contributed by atoms with Gasteiger partial charge in [0.1, 0.15) is 5.75 Å². The second-order valence-electron chi connectivity index (χ2n) is 8.75. The SMILES string of the molecule is CCOc1ccc2ccccc2c1CNC12CC3CC(CC(C3)C1)C2. The van der Waals surface area contributed by atoms with Crippen LogP contribution in [0.2, 0.25) is 0 Å².